The molecule has 4 atom stereocenters. The largest absolute Gasteiger partial charge is 0.497 e. The minimum absolute atomic E-state index is 0.124. The number of carbonyl (C=O) groups is 2. The van der Waals surface area contributed by atoms with Gasteiger partial charge in [-0.1, -0.05) is 15.9 Å². The van der Waals surface area contributed by atoms with Gasteiger partial charge in [0.05, 0.1) is 26.4 Å². The van der Waals surface area contributed by atoms with Crippen LogP contribution in [0.5, 0.6) is 23.0 Å². The summed E-state index contributed by atoms with van der Waals surface area (Å²) in [6.07, 6.45) is 2.89. The van der Waals surface area contributed by atoms with Crippen LogP contribution < -0.4 is 18.9 Å². The highest BCUT2D eigenvalue weighted by molar-refractivity contribution is 9.09. The van der Waals surface area contributed by atoms with Gasteiger partial charge >= 0.3 is 11.9 Å². The molecule has 45 heavy (non-hydrogen) atoms. The van der Waals surface area contributed by atoms with Gasteiger partial charge in [0.1, 0.15) is 40.5 Å². The minimum Gasteiger partial charge on any atom is -0.497 e. The lowest BCUT2D eigenvalue weighted by Crippen LogP contribution is -2.37. The zero-order valence-electron chi connectivity index (χ0n) is 27.1. The highest BCUT2D eigenvalue weighted by Gasteiger charge is 2.26. The predicted molar refractivity (Wildman–Crippen MR) is 174 cm³/mol. The lowest BCUT2D eigenvalue weighted by Gasteiger charge is -2.28. The second kappa shape index (κ2) is 21.5. The average Bonchev–Trinajstić information content (AvgIpc) is 3.04. The molecular weight excluding hydrogens is 648 g/mol. The number of halogens is 1. The molecule has 0 unspecified atom stereocenters. The van der Waals surface area contributed by atoms with Gasteiger partial charge in [-0.2, -0.15) is 0 Å². The van der Waals surface area contributed by atoms with Crippen LogP contribution in [0.1, 0.15) is 53.4 Å². The van der Waals surface area contributed by atoms with Gasteiger partial charge in [-0.25, -0.2) is 4.79 Å². The SMILES string of the molecule is CCOC(OCC)[C@@H](CC[C@H](C)OC(=O)/C=C/[C@@H](CC[C@H](C)OC(=O)CBr)Oc1ccc(OC)cc1)Oc1ccc(OC)cc1. The third-order valence-corrected chi connectivity index (χ3v) is 7.04. The van der Waals surface area contributed by atoms with Crippen LogP contribution in [0, 0.1) is 0 Å². The van der Waals surface area contributed by atoms with Gasteiger partial charge in [0.2, 0.25) is 0 Å². The number of carbonyl (C=O) groups excluding carboxylic acids is 2. The number of benzene rings is 2. The summed E-state index contributed by atoms with van der Waals surface area (Å²) in [6.45, 7) is 8.36. The number of hydrogen-bond acceptors (Lipinski definition) is 10. The van der Waals surface area contributed by atoms with E-state index in [1.165, 1.54) is 6.08 Å². The summed E-state index contributed by atoms with van der Waals surface area (Å²) < 4.78 is 45.5. The van der Waals surface area contributed by atoms with E-state index in [4.69, 9.17) is 37.9 Å². The first-order valence-corrected chi connectivity index (χ1v) is 16.3. The summed E-state index contributed by atoms with van der Waals surface area (Å²) in [4.78, 5) is 24.4. The second-order valence-corrected chi connectivity index (χ2v) is 10.7. The first-order valence-electron chi connectivity index (χ1n) is 15.2. The zero-order chi connectivity index (χ0) is 33.0. The van der Waals surface area contributed by atoms with Crippen molar-refractivity contribution in [2.75, 3.05) is 32.8 Å². The van der Waals surface area contributed by atoms with Crippen molar-refractivity contribution < 1.29 is 47.5 Å². The summed E-state index contributed by atoms with van der Waals surface area (Å²) >= 11 is 3.10. The molecule has 0 saturated heterocycles. The molecule has 0 fully saturated rings. The Morgan fingerprint density at radius 3 is 1.71 bits per heavy atom. The molecule has 2 aromatic rings. The molecule has 250 valence electrons. The number of rotatable bonds is 22. The lowest BCUT2D eigenvalue weighted by molar-refractivity contribution is -0.185. The molecule has 0 aliphatic carbocycles. The number of ether oxygens (including phenoxy) is 8. The van der Waals surface area contributed by atoms with Crippen LogP contribution >= 0.6 is 15.9 Å². The maximum Gasteiger partial charge on any atom is 0.330 e. The number of alkyl halides is 1. The molecule has 2 aromatic carbocycles. The van der Waals surface area contributed by atoms with Gasteiger partial charge in [-0.15, -0.1) is 0 Å². The normalized spacial score (nSPS) is 14.0. The molecule has 0 aliphatic heterocycles. The molecule has 0 bridgehead atoms. The minimum atomic E-state index is -0.586. The predicted octanol–water partition coefficient (Wildman–Crippen LogP) is 6.67. The number of hydrogen-bond donors (Lipinski definition) is 0. The van der Waals surface area contributed by atoms with E-state index in [0.29, 0.717) is 56.1 Å². The molecular formula is C34H47BrO10. The third kappa shape index (κ3) is 15.0. The van der Waals surface area contributed by atoms with E-state index in [-0.39, 0.29) is 17.4 Å². The van der Waals surface area contributed by atoms with E-state index in [1.54, 1.807) is 44.6 Å². The quantitative estimate of drug-likeness (QED) is 0.0574. The maximum atomic E-state index is 12.8. The van der Waals surface area contributed by atoms with Crippen molar-refractivity contribution in [2.45, 2.75) is 84.1 Å². The van der Waals surface area contributed by atoms with Crippen LogP contribution in [0.3, 0.4) is 0 Å². The molecule has 0 radical (unpaired) electrons. The summed E-state index contributed by atoms with van der Waals surface area (Å²) in [7, 11) is 3.20. The molecule has 10 nitrogen and oxygen atoms in total. The number of esters is 2. The second-order valence-electron chi connectivity index (χ2n) is 10.1. The Kier molecular flexibility index (Phi) is 18.1. The molecule has 0 amide bonds. The molecule has 0 aliphatic rings. The highest BCUT2D eigenvalue weighted by Crippen LogP contribution is 2.24. The van der Waals surface area contributed by atoms with Crippen molar-refractivity contribution in [3.63, 3.8) is 0 Å². The Bertz CT molecular complexity index is 1130. The van der Waals surface area contributed by atoms with E-state index in [9.17, 15) is 9.59 Å². The summed E-state index contributed by atoms with van der Waals surface area (Å²) in [5.41, 5.74) is 0. The smallest absolute Gasteiger partial charge is 0.330 e. The van der Waals surface area contributed by atoms with Gasteiger partial charge in [0.15, 0.2) is 6.29 Å². The van der Waals surface area contributed by atoms with Crippen LogP contribution in [-0.4, -0.2) is 75.4 Å². The fourth-order valence-electron chi connectivity index (χ4n) is 4.29. The first-order chi connectivity index (χ1) is 21.7. The van der Waals surface area contributed by atoms with E-state index in [0.717, 1.165) is 5.75 Å². The standard InChI is InChI=1S/C34H47BrO10/c1-7-40-34(41-8-2)31(45-30-18-14-27(39-6)15-19-30)21-10-25(4)42-32(36)22-20-28(11-9-24(3)43-33(37)23-35)44-29-16-12-26(38-5)13-17-29/h12-20,22,24-25,28,31,34H,7-11,21,23H2,1-6H3/b22-20+/t24-,25-,28+,31+/m0/s1. The summed E-state index contributed by atoms with van der Waals surface area (Å²) in [6, 6.07) is 14.5. The summed E-state index contributed by atoms with van der Waals surface area (Å²) in [5.74, 6) is 1.85. The van der Waals surface area contributed by atoms with Crippen LogP contribution in [0.25, 0.3) is 0 Å². The van der Waals surface area contributed by atoms with Gasteiger partial charge in [0.25, 0.3) is 0 Å². The fourth-order valence-corrected chi connectivity index (χ4v) is 4.42. The molecule has 11 heteroatoms. The molecule has 0 heterocycles. The lowest BCUT2D eigenvalue weighted by atomic mass is 10.1. The van der Waals surface area contributed by atoms with Crippen LogP contribution in [0.15, 0.2) is 60.7 Å². The number of methoxy groups -OCH3 is 2. The monoisotopic (exact) mass is 694 g/mol. The van der Waals surface area contributed by atoms with Gasteiger partial charge in [-0.3, -0.25) is 4.79 Å². The van der Waals surface area contributed by atoms with E-state index in [1.807, 2.05) is 52.0 Å². The van der Waals surface area contributed by atoms with Crippen LogP contribution in [0.2, 0.25) is 0 Å². The Balaban J connectivity index is 2.03. The Morgan fingerprint density at radius 2 is 1.20 bits per heavy atom. The Labute approximate surface area is 275 Å². The van der Waals surface area contributed by atoms with E-state index < -0.39 is 30.6 Å². The topological polar surface area (TPSA) is 108 Å². The third-order valence-electron chi connectivity index (χ3n) is 6.58. The first kappa shape index (κ1) is 37.9. The molecule has 0 aromatic heterocycles. The van der Waals surface area contributed by atoms with Crippen molar-refractivity contribution in [1.82, 2.24) is 0 Å². The fraction of sp³-hybridized carbons (Fsp3) is 0.529. The summed E-state index contributed by atoms with van der Waals surface area (Å²) in [5, 5.41) is 0.124. The van der Waals surface area contributed by atoms with E-state index in [2.05, 4.69) is 15.9 Å². The van der Waals surface area contributed by atoms with Crippen LogP contribution in [0.4, 0.5) is 0 Å². The molecule has 2 rings (SSSR count). The van der Waals surface area contributed by atoms with Crippen molar-refractivity contribution in [1.29, 1.82) is 0 Å². The van der Waals surface area contributed by atoms with Crippen molar-refractivity contribution in [2.24, 2.45) is 0 Å². The van der Waals surface area contributed by atoms with Crippen molar-refractivity contribution >= 4 is 27.9 Å². The van der Waals surface area contributed by atoms with Crippen LogP contribution in [-0.2, 0) is 28.5 Å². The average molecular weight is 696 g/mol. The van der Waals surface area contributed by atoms with Crippen molar-refractivity contribution in [3.05, 3.63) is 60.7 Å². The van der Waals surface area contributed by atoms with Gasteiger partial charge in [0, 0.05) is 19.3 Å². The Morgan fingerprint density at radius 1 is 0.711 bits per heavy atom. The molecule has 0 spiro atoms. The molecule has 0 saturated carbocycles. The highest BCUT2D eigenvalue weighted by atomic mass is 79.9. The Hall–Kier alpha value is -3.28. The molecule has 0 N–H and O–H groups in total. The van der Waals surface area contributed by atoms with Gasteiger partial charge in [-0.05, 0) is 108 Å². The van der Waals surface area contributed by atoms with Crippen molar-refractivity contribution in [3.8, 4) is 23.0 Å². The zero-order valence-corrected chi connectivity index (χ0v) is 28.7. The van der Waals surface area contributed by atoms with E-state index >= 15 is 0 Å². The van der Waals surface area contributed by atoms with Gasteiger partial charge < -0.3 is 37.9 Å². The maximum absolute atomic E-state index is 12.8.